The molecule has 0 radical (unpaired) electrons. The average Bonchev–Trinajstić information content (AvgIpc) is 3.22. The van der Waals surface area contributed by atoms with E-state index in [0.29, 0.717) is 24.1 Å². The second-order valence-corrected chi connectivity index (χ2v) is 6.07. The summed E-state index contributed by atoms with van der Waals surface area (Å²) in [5.41, 5.74) is 6.26. The van der Waals surface area contributed by atoms with E-state index in [2.05, 4.69) is 18.7 Å². The summed E-state index contributed by atoms with van der Waals surface area (Å²) in [4.78, 5) is 2.26. The third-order valence-corrected chi connectivity index (χ3v) is 3.92. The highest BCUT2D eigenvalue weighted by molar-refractivity contribution is 5.23. The van der Waals surface area contributed by atoms with Crippen LogP contribution in [0.5, 0.6) is 0 Å². The quantitative estimate of drug-likeness (QED) is 0.829. The molecule has 2 N–H and O–H groups in total. The summed E-state index contributed by atoms with van der Waals surface area (Å²) in [6.07, 6.45) is 3.31. The third-order valence-electron chi connectivity index (χ3n) is 3.92. The van der Waals surface area contributed by atoms with Gasteiger partial charge < -0.3 is 5.73 Å². The lowest BCUT2D eigenvalue weighted by atomic mass is 10.0. The van der Waals surface area contributed by atoms with Gasteiger partial charge in [-0.2, -0.15) is 0 Å². The molecule has 1 saturated carbocycles. The molecule has 1 aliphatic carbocycles. The summed E-state index contributed by atoms with van der Waals surface area (Å²) in [5, 5.41) is 0. The Morgan fingerprint density at radius 1 is 1.30 bits per heavy atom. The van der Waals surface area contributed by atoms with Gasteiger partial charge in [0.1, 0.15) is 11.6 Å². The number of nitrogens with zero attached hydrogens (tertiary/aromatic N) is 1. The number of nitrogens with two attached hydrogens (primary N) is 1. The Bertz CT molecular complexity index is 444. The topological polar surface area (TPSA) is 29.3 Å². The smallest absolute Gasteiger partial charge is 0.128 e. The highest BCUT2D eigenvalue weighted by Crippen LogP contribution is 2.35. The molecular formula is C16H24F2N2. The molecule has 0 aromatic heterocycles. The lowest BCUT2D eigenvalue weighted by Gasteiger charge is -2.32. The van der Waals surface area contributed by atoms with E-state index in [1.54, 1.807) is 0 Å². The molecule has 1 aromatic carbocycles. The maximum absolute atomic E-state index is 14.0. The van der Waals surface area contributed by atoms with Crippen LogP contribution in [0.4, 0.5) is 8.78 Å². The van der Waals surface area contributed by atoms with Gasteiger partial charge >= 0.3 is 0 Å². The van der Waals surface area contributed by atoms with Gasteiger partial charge in [-0.25, -0.2) is 8.78 Å². The summed E-state index contributed by atoms with van der Waals surface area (Å²) >= 11 is 0. The Labute approximate surface area is 120 Å². The molecule has 4 heteroatoms. The van der Waals surface area contributed by atoms with Crippen molar-refractivity contribution in [3.05, 3.63) is 35.4 Å². The molecular weight excluding hydrogens is 258 g/mol. The van der Waals surface area contributed by atoms with Gasteiger partial charge in [-0.3, -0.25) is 4.90 Å². The van der Waals surface area contributed by atoms with Gasteiger partial charge in [0.2, 0.25) is 0 Å². The second-order valence-electron chi connectivity index (χ2n) is 6.07. The lowest BCUT2D eigenvalue weighted by molar-refractivity contribution is 0.177. The van der Waals surface area contributed by atoms with Crippen molar-refractivity contribution in [2.24, 2.45) is 11.7 Å². The minimum atomic E-state index is -0.403. The number of hydrogen-bond donors (Lipinski definition) is 1. The Kier molecular flexibility index (Phi) is 5.11. The first-order valence-electron chi connectivity index (χ1n) is 7.43. The fourth-order valence-corrected chi connectivity index (χ4v) is 2.62. The van der Waals surface area contributed by atoms with Crippen molar-refractivity contribution in [3.63, 3.8) is 0 Å². The van der Waals surface area contributed by atoms with Crippen molar-refractivity contribution in [1.82, 2.24) is 4.90 Å². The van der Waals surface area contributed by atoms with Crippen LogP contribution in [0.3, 0.4) is 0 Å². The van der Waals surface area contributed by atoms with Crippen LogP contribution >= 0.6 is 0 Å². The summed E-state index contributed by atoms with van der Waals surface area (Å²) in [6.45, 7) is 5.55. The van der Waals surface area contributed by atoms with Crippen molar-refractivity contribution in [2.45, 2.75) is 45.2 Å². The van der Waals surface area contributed by atoms with Gasteiger partial charge in [0.05, 0.1) is 6.04 Å². The van der Waals surface area contributed by atoms with Crippen LogP contribution < -0.4 is 5.73 Å². The highest BCUT2D eigenvalue weighted by Gasteiger charge is 2.34. The molecule has 0 aliphatic heterocycles. The molecule has 1 unspecified atom stereocenters. The Morgan fingerprint density at radius 3 is 2.55 bits per heavy atom. The molecule has 0 amide bonds. The van der Waals surface area contributed by atoms with Gasteiger partial charge in [0.15, 0.2) is 0 Å². The summed E-state index contributed by atoms with van der Waals surface area (Å²) in [5.74, 6) is -0.177. The molecule has 20 heavy (non-hydrogen) atoms. The van der Waals surface area contributed by atoms with E-state index in [1.807, 2.05) is 0 Å². The van der Waals surface area contributed by atoms with E-state index in [1.165, 1.54) is 12.1 Å². The zero-order chi connectivity index (χ0) is 14.7. The maximum Gasteiger partial charge on any atom is 0.128 e. The van der Waals surface area contributed by atoms with E-state index in [9.17, 15) is 8.78 Å². The monoisotopic (exact) mass is 282 g/mol. The molecule has 1 atom stereocenters. The van der Waals surface area contributed by atoms with E-state index in [4.69, 9.17) is 5.73 Å². The summed E-state index contributed by atoms with van der Waals surface area (Å²) < 4.78 is 27.4. The molecule has 2 nitrogen and oxygen atoms in total. The van der Waals surface area contributed by atoms with Gasteiger partial charge in [-0.1, -0.05) is 13.8 Å². The van der Waals surface area contributed by atoms with Crippen LogP contribution in [0.25, 0.3) is 0 Å². The number of benzene rings is 1. The lowest BCUT2D eigenvalue weighted by Crippen LogP contribution is -2.37. The zero-order valence-electron chi connectivity index (χ0n) is 12.3. The SMILES string of the molecule is CC(C)CCN(C1CC1)C(CN)c1cc(F)ccc1F. The van der Waals surface area contributed by atoms with Crippen molar-refractivity contribution >= 4 is 0 Å². The van der Waals surface area contributed by atoms with E-state index < -0.39 is 5.82 Å². The molecule has 0 bridgehead atoms. The first kappa shape index (κ1) is 15.4. The predicted molar refractivity (Wildman–Crippen MR) is 77.3 cm³/mol. The van der Waals surface area contributed by atoms with E-state index in [0.717, 1.165) is 31.9 Å². The van der Waals surface area contributed by atoms with Crippen LogP contribution in [0.2, 0.25) is 0 Å². The van der Waals surface area contributed by atoms with E-state index >= 15 is 0 Å². The molecule has 1 aromatic rings. The van der Waals surface area contributed by atoms with Gasteiger partial charge in [0, 0.05) is 18.2 Å². The summed E-state index contributed by atoms with van der Waals surface area (Å²) in [6, 6.07) is 3.89. The van der Waals surface area contributed by atoms with Gasteiger partial charge in [-0.05, 0) is 49.9 Å². The minimum Gasteiger partial charge on any atom is -0.329 e. The predicted octanol–water partition coefficient (Wildman–Crippen LogP) is 3.48. The maximum atomic E-state index is 14.0. The van der Waals surface area contributed by atoms with Gasteiger partial charge in [-0.15, -0.1) is 0 Å². The standard InChI is InChI=1S/C16H24F2N2/c1-11(2)7-8-20(13-4-5-13)16(10-19)14-9-12(17)3-6-15(14)18/h3,6,9,11,13,16H,4-5,7-8,10,19H2,1-2H3. The fourth-order valence-electron chi connectivity index (χ4n) is 2.62. The van der Waals surface area contributed by atoms with Crippen molar-refractivity contribution in [1.29, 1.82) is 0 Å². The van der Waals surface area contributed by atoms with Crippen LogP contribution in [0, 0.1) is 17.6 Å². The van der Waals surface area contributed by atoms with Crippen molar-refractivity contribution in [2.75, 3.05) is 13.1 Å². The molecule has 0 spiro atoms. The molecule has 0 heterocycles. The number of halogens is 2. The highest BCUT2D eigenvalue weighted by atomic mass is 19.1. The second kappa shape index (κ2) is 6.64. The number of rotatable bonds is 7. The van der Waals surface area contributed by atoms with Crippen molar-refractivity contribution < 1.29 is 8.78 Å². The first-order chi connectivity index (χ1) is 9.52. The van der Waals surface area contributed by atoms with Crippen LogP contribution in [0.1, 0.15) is 44.7 Å². The first-order valence-corrected chi connectivity index (χ1v) is 7.43. The van der Waals surface area contributed by atoms with Gasteiger partial charge in [0.25, 0.3) is 0 Å². The summed E-state index contributed by atoms with van der Waals surface area (Å²) in [7, 11) is 0. The van der Waals surface area contributed by atoms with Crippen molar-refractivity contribution in [3.8, 4) is 0 Å². The normalized spacial score (nSPS) is 16.9. The molecule has 0 saturated heterocycles. The Hall–Kier alpha value is -1.00. The van der Waals surface area contributed by atoms with Crippen LogP contribution in [0.15, 0.2) is 18.2 Å². The zero-order valence-corrected chi connectivity index (χ0v) is 12.3. The molecule has 1 fully saturated rings. The van der Waals surface area contributed by atoms with Crippen LogP contribution in [-0.2, 0) is 0 Å². The average molecular weight is 282 g/mol. The molecule has 2 rings (SSSR count). The number of hydrogen-bond acceptors (Lipinski definition) is 2. The largest absolute Gasteiger partial charge is 0.329 e. The minimum absolute atomic E-state index is 0.225. The van der Waals surface area contributed by atoms with E-state index in [-0.39, 0.29) is 11.9 Å². The fraction of sp³-hybridized carbons (Fsp3) is 0.625. The Morgan fingerprint density at radius 2 is 2.00 bits per heavy atom. The molecule has 112 valence electrons. The van der Waals surface area contributed by atoms with Crippen LogP contribution in [-0.4, -0.2) is 24.0 Å². The molecule has 1 aliphatic rings. The third kappa shape index (κ3) is 3.76. The Balaban J connectivity index is 2.21.